The Hall–Kier alpha value is -1.59. The number of methoxy groups -OCH3 is 1. The lowest BCUT2D eigenvalue weighted by atomic mass is 10.1. The molecule has 5 heteroatoms. The van der Waals surface area contributed by atoms with Gasteiger partial charge >= 0.3 is 5.97 Å². The van der Waals surface area contributed by atoms with E-state index in [0.717, 1.165) is 24.1 Å². The molecule has 0 aliphatic rings. The van der Waals surface area contributed by atoms with Crippen molar-refractivity contribution in [3.63, 3.8) is 0 Å². The van der Waals surface area contributed by atoms with E-state index in [2.05, 4.69) is 4.74 Å². The van der Waals surface area contributed by atoms with Crippen LogP contribution in [-0.4, -0.2) is 49.6 Å². The van der Waals surface area contributed by atoms with Gasteiger partial charge in [0.15, 0.2) is 0 Å². The Morgan fingerprint density at radius 1 is 1.15 bits per heavy atom. The third-order valence-electron chi connectivity index (χ3n) is 3.12. The molecule has 0 unspecified atom stereocenters. The third-order valence-corrected chi connectivity index (χ3v) is 3.12. The average Bonchev–Trinajstić information content (AvgIpc) is 2.47. The molecule has 0 aliphatic carbocycles. The Morgan fingerprint density at radius 2 is 1.75 bits per heavy atom. The van der Waals surface area contributed by atoms with Crippen LogP contribution in [0.1, 0.15) is 18.4 Å². The standard InChI is InChI=1S/C15H23NO4/c1-20-15(19)4-2-3-13-5-7-14(8-6-13)16(9-11-17)10-12-18/h5-8,17-18H,2-4,9-12H2,1H3. The molecule has 0 saturated heterocycles. The molecule has 0 saturated carbocycles. The predicted octanol–water partition coefficient (Wildman–Crippen LogP) is 0.973. The van der Waals surface area contributed by atoms with Gasteiger partial charge in [0, 0.05) is 25.2 Å². The quantitative estimate of drug-likeness (QED) is 0.660. The number of carbonyl (C=O) groups excluding carboxylic acids is 1. The van der Waals surface area contributed by atoms with E-state index in [-0.39, 0.29) is 19.2 Å². The van der Waals surface area contributed by atoms with Crippen molar-refractivity contribution < 1.29 is 19.7 Å². The molecule has 20 heavy (non-hydrogen) atoms. The fraction of sp³-hybridized carbons (Fsp3) is 0.533. The fourth-order valence-corrected chi connectivity index (χ4v) is 2.02. The van der Waals surface area contributed by atoms with E-state index in [0.29, 0.717) is 19.5 Å². The van der Waals surface area contributed by atoms with Gasteiger partial charge in [-0.2, -0.15) is 0 Å². The minimum atomic E-state index is -0.182. The summed E-state index contributed by atoms with van der Waals surface area (Å²) in [5.41, 5.74) is 2.13. The lowest BCUT2D eigenvalue weighted by Gasteiger charge is -2.23. The zero-order valence-electron chi connectivity index (χ0n) is 11.9. The first-order chi connectivity index (χ1) is 9.71. The van der Waals surface area contributed by atoms with Gasteiger partial charge in [-0.25, -0.2) is 0 Å². The van der Waals surface area contributed by atoms with E-state index in [1.54, 1.807) is 0 Å². The molecular formula is C15H23NO4. The van der Waals surface area contributed by atoms with Gasteiger partial charge in [-0.05, 0) is 30.5 Å². The van der Waals surface area contributed by atoms with Crippen LogP contribution in [0.3, 0.4) is 0 Å². The average molecular weight is 281 g/mol. The van der Waals surface area contributed by atoms with Crippen LogP contribution in [0.5, 0.6) is 0 Å². The molecule has 112 valence electrons. The first-order valence-corrected chi connectivity index (χ1v) is 6.83. The van der Waals surface area contributed by atoms with Crippen LogP contribution < -0.4 is 4.90 Å². The van der Waals surface area contributed by atoms with Gasteiger partial charge in [-0.1, -0.05) is 12.1 Å². The second kappa shape index (κ2) is 9.34. The second-order valence-corrected chi connectivity index (χ2v) is 4.53. The van der Waals surface area contributed by atoms with Gasteiger partial charge in [0.1, 0.15) is 0 Å². The summed E-state index contributed by atoms with van der Waals surface area (Å²) >= 11 is 0. The topological polar surface area (TPSA) is 70.0 Å². The van der Waals surface area contributed by atoms with E-state index in [9.17, 15) is 4.79 Å². The van der Waals surface area contributed by atoms with E-state index < -0.39 is 0 Å². The molecule has 2 N–H and O–H groups in total. The number of anilines is 1. The number of carbonyl (C=O) groups is 1. The summed E-state index contributed by atoms with van der Waals surface area (Å²) in [5, 5.41) is 18.0. The number of rotatable bonds is 9. The number of aryl methyl sites for hydroxylation is 1. The molecule has 0 aromatic heterocycles. The molecule has 0 spiro atoms. The number of aliphatic hydroxyl groups excluding tert-OH is 2. The van der Waals surface area contributed by atoms with Crippen molar-refractivity contribution in [2.45, 2.75) is 19.3 Å². The van der Waals surface area contributed by atoms with Gasteiger partial charge < -0.3 is 19.8 Å². The lowest BCUT2D eigenvalue weighted by Crippen LogP contribution is -2.29. The van der Waals surface area contributed by atoms with Gasteiger partial charge in [-0.3, -0.25) is 4.79 Å². The number of benzene rings is 1. The van der Waals surface area contributed by atoms with Crippen LogP contribution in [0.15, 0.2) is 24.3 Å². The minimum Gasteiger partial charge on any atom is -0.469 e. The van der Waals surface area contributed by atoms with E-state index >= 15 is 0 Å². The van der Waals surface area contributed by atoms with E-state index in [1.807, 2.05) is 29.2 Å². The molecule has 0 heterocycles. The highest BCUT2D eigenvalue weighted by atomic mass is 16.5. The molecule has 1 aromatic rings. The Labute approximate surface area is 119 Å². The molecule has 5 nitrogen and oxygen atoms in total. The molecule has 0 atom stereocenters. The first-order valence-electron chi connectivity index (χ1n) is 6.83. The van der Waals surface area contributed by atoms with Crippen LogP contribution in [0, 0.1) is 0 Å². The summed E-state index contributed by atoms with van der Waals surface area (Å²) in [4.78, 5) is 12.9. The maximum absolute atomic E-state index is 11.0. The molecule has 0 radical (unpaired) electrons. The Balaban J connectivity index is 2.51. The number of hydrogen-bond acceptors (Lipinski definition) is 5. The summed E-state index contributed by atoms with van der Waals surface area (Å²) in [5.74, 6) is -0.182. The molecule has 0 fully saturated rings. The highest BCUT2D eigenvalue weighted by Crippen LogP contribution is 2.16. The highest BCUT2D eigenvalue weighted by Gasteiger charge is 2.05. The zero-order chi connectivity index (χ0) is 14.8. The van der Waals surface area contributed by atoms with Gasteiger partial charge in [0.25, 0.3) is 0 Å². The normalized spacial score (nSPS) is 10.3. The maximum Gasteiger partial charge on any atom is 0.305 e. The van der Waals surface area contributed by atoms with Gasteiger partial charge in [0.2, 0.25) is 0 Å². The smallest absolute Gasteiger partial charge is 0.305 e. The zero-order valence-corrected chi connectivity index (χ0v) is 11.9. The number of ether oxygens (including phenoxy) is 1. The summed E-state index contributed by atoms with van der Waals surface area (Å²) < 4.78 is 4.60. The van der Waals surface area contributed by atoms with Crippen LogP contribution >= 0.6 is 0 Å². The van der Waals surface area contributed by atoms with Crippen LogP contribution in [0.4, 0.5) is 5.69 Å². The number of nitrogens with zero attached hydrogens (tertiary/aromatic N) is 1. The summed E-state index contributed by atoms with van der Waals surface area (Å²) in [7, 11) is 1.40. The number of aliphatic hydroxyl groups is 2. The van der Waals surface area contributed by atoms with Crippen LogP contribution in [-0.2, 0) is 16.0 Å². The molecule has 1 rings (SSSR count). The largest absolute Gasteiger partial charge is 0.469 e. The van der Waals surface area contributed by atoms with Crippen molar-refractivity contribution >= 4 is 11.7 Å². The highest BCUT2D eigenvalue weighted by molar-refractivity contribution is 5.69. The van der Waals surface area contributed by atoms with Crippen molar-refractivity contribution in [1.29, 1.82) is 0 Å². The molecule has 0 aliphatic heterocycles. The molecule has 0 amide bonds. The van der Waals surface area contributed by atoms with Crippen molar-refractivity contribution in [2.24, 2.45) is 0 Å². The summed E-state index contributed by atoms with van der Waals surface area (Å²) in [6.07, 6.45) is 2.03. The molecule has 1 aromatic carbocycles. The van der Waals surface area contributed by atoms with Crippen LogP contribution in [0.2, 0.25) is 0 Å². The van der Waals surface area contributed by atoms with Crippen molar-refractivity contribution in [1.82, 2.24) is 0 Å². The minimum absolute atomic E-state index is 0.0564. The second-order valence-electron chi connectivity index (χ2n) is 4.53. The predicted molar refractivity (Wildman–Crippen MR) is 77.8 cm³/mol. The third kappa shape index (κ3) is 5.59. The number of hydrogen-bond donors (Lipinski definition) is 2. The SMILES string of the molecule is COC(=O)CCCc1ccc(N(CCO)CCO)cc1. The first kappa shape index (κ1) is 16.5. The van der Waals surface area contributed by atoms with Gasteiger partial charge in [0.05, 0.1) is 20.3 Å². The lowest BCUT2D eigenvalue weighted by molar-refractivity contribution is -0.140. The van der Waals surface area contributed by atoms with Crippen molar-refractivity contribution in [3.8, 4) is 0 Å². The molecular weight excluding hydrogens is 258 g/mol. The number of esters is 1. The van der Waals surface area contributed by atoms with Crippen molar-refractivity contribution in [3.05, 3.63) is 29.8 Å². The Kier molecular flexibility index (Phi) is 7.69. The van der Waals surface area contributed by atoms with Crippen LogP contribution in [0.25, 0.3) is 0 Å². The van der Waals surface area contributed by atoms with E-state index in [1.165, 1.54) is 7.11 Å². The van der Waals surface area contributed by atoms with Gasteiger partial charge in [-0.15, -0.1) is 0 Å². The van der Waals surface area contributed by atoms with E-state index in [4.69, 9.17) is 10.2 Å². The monoisotopic (exact) mass is 281 g/mol. The fourth-order valence-electron chi connectivity index (χ4n) is 2.02. The summed E-state index contributed by atoms with van der Waals surface area (Å²) in [6.45, 7) is 1.12. The Morgan fingerprint density at radius 3 is 2.25 bits per heavy atom. The molecule has 0 bridgehead atoms. The summed E-state index contributed by atoms with van der Waals surface area (Å²) in [6, 6.07) is 7.96. The Bertz CT molecular complexity index is 385. The maximum atomic E-state index is 11.0. The van der Waals surface area contributed by atoms with Crippen molar-refractivity contribution in [2.75, 3.05) is 38.3 Å².